The zero-order valence-electron chi connectivity index (χ0n) is 26.6. The fourth-order valence-electron chi connectivity index (χ4n) is 8.52. The number of amides is 1. The fourth-order valence-corrected chi connectivity index (χ4v) is 8.52. The largest absolute Gasteiger partial charge is 0.420 e. The van der Waals surface area contributed by atoms with E-state index in [1.54, 1.807) is 4.68 Å². The molecule has 4 fully saturated rings. The highest BCUT2D eigenvalue weighted by atomic mass is 19.4. The van der Waals surface area contributed by atoms with E-state index in [2.05, 4.69) is 44.1 Å². The smallest absolute Gasteiger partial charge is 0.341 e. The van der Waals surface area contributed by atoms with Gasteiger partial charge in [0, 0.05) is 44.3 Å². The van der Waals surface area contributed by atoms with Gasteiger partial charge < -0.3 is 20.0 Å². The molecule has 0 aromatic carbocycles. The molecule has 2 aromatic rings. The number of piperidine rings is 2. The third-order valence-electron chi connectivity index (χ3n) is 11.6. The second kappa shape index (κ2) is 11.8. The van der Waals surface area contributed by atoms with Gasteiger partial charge >= 0.3 is 6.18 Å². The van der Waals surface area contributed by atoms with Gasteiger partial charge in [0.15, 0.2) is 0 Å². The zero-order valence-corrected chi connectivity index (χ0v) is 26.6. The van der Waals surface area contributed by atoms with E-state index in [0.29, 0.717) is 49.4 Å². The van der Waals surface area contributed by atoms with Crippen LogP contribution in [0.3, 0.4) is 0 Å². The quantitative estimate of drug-likeness (QED) is 0.534. The molecule has 1 N–H and O–H groups in total. The maximum Gasteiger partial charge on any atom is 0.420 e. The lowest BCUT2D eigenvalue weighted by Crippen LogP contribution is -2.45. The van der Waals surface area contributed by atoms with E-state index in [1.807, 2.05) is 9.80 Å². The third kappa shape index (κ3) is 6.06. The van der Waals surface area contributed by atoms with Crippen LogP contribution in [0.5, 0.6) is 0 Å². The maximum atomic E-state index is 14.2. The van der Waals surface area contributed by atoms with Crippen molar-refractivity contribution in [1.29, 1.82) is 0 Å². The lowest BCUT2D eigenvalue weighted by Gasteiger charge is -2.43. The topological polar surface area (TPSA) is 95.3 Å². The van der Waals surface area contributed by atoms with Gasteiger partial charge in [-0.25, -0.2) is 19.6 Å². The van der Waals surface area contributed by atoms with Gasteiger partial charge in [-0.05, 0) is 102 Å². The summed E-state index contributed by atoms with van der Waals surface area (Å²) in [4.78, 5) is 33.1. The van der Waals surface area contributed by atoms with Crippen LogP contribution < -0.4 is 10.2 Å². The van der Waals surface area contributed by atoms with E-state index in [1.165, 1.54) is 12.8 Å². The van der Waals surface area contributed by atoms with Crippen molar-refractivity contribution in [1.82, 2.24) is 39.8 Å². The molecule has 1 saturated carbocycles. The molecule has 1 aliphatic carbocycles. The zero-order chi connectivity index (χ0) is 31.4. The first-order chi connectivity index (χ1) is 21.5. The summed E-state index contributed by atoms with van der Waals surface area (Å²) in [6.07, 6.45) is 5.67. The number of rotatable bonds is 4. The monoisotopic (exact) mass is 629 g/mol. The predicted molar refractivity (Wildman–Crippen MR) is 163 cm³/mol. The van der Waals surface area contributed by atoms with E-state index < -0.39 is 11.7 Å². The summed E-state index contributed by atoms with van der Waals surface area (Å²) in [5, 5.41) is 7.92. The minimum absolute atomic E-state index is 0.00191. The molecule has 10 nitrogen and oxygen atoms in total. The second-order valence-electron chi connectivity index (χ2n) is 14.6. The summed E-state index contributed by atoms with van der Waals surface area (Å²) in [5.41, 5.74) is -0.588. The van der Waals surface area contributed by atoms with Crippen LogP contribution >= 0.6 is 0 Å². The first-order valence-electron chi connectivity index (χ1n) is 16.9. The van der Waals surface area contributed by atoms with Gasteiger partial charge in [-0.3, -0.25) is 4.79 Å². The molecule has 5 aliphatic rings. The Labute approximate surface area is 263 Å². The lowest BCUT2D eigenvalue weighted by molar-refractivity contribution is -0.139. The van der Waals surface area contributed by atoms with Gasteiger partial charge in [0.05, 0.1) is 13.1 Å². The Balaban J connectivity index is 1.05. The predicted octanol–water partition coefficient (Wildman–Crippen LogP) is 4.36. The molecule has 2 aromatic heterocycles. The summed E-state index contributed by atoms with van der Waals surface area (Å²) >= 11 is 0. The standard InChI is InChI=1S/C32H46F3N9O/c1-22(2)43-16-11-31(21-43)9-14-41(15-10-31)29-37-19-24(32(33,34)35)26(39-29)27-38-25-20-42(17-18-44(25)40-27)28(45)23-3-5-30(6-4-23)7-12-36-13-8-30/h19,22-23,36H,3-18,20-21H2,1-2H3. The summed E-state index contributed by atoms with van der Waals surface area (Å²) in [7, 11) is 0. The number of halogens is 3. The molecule has 0 radical (unpaired) electrons. The summed E-state index contributed by atoms with van der Waals surface area (Å²) in [6.45, 7) is 11.3. The first-order valence-corrected chi connectivity index (χ1v) is 16.9. The van der Waals surface area contributed by atoms with Gasteiger partial charge in [-0.2, -0.15) is 13.2 Å². The van der Waals surface area contributed by atoms with Gasteiger partial charge in [-0.15, -0.1) is 5.10 Å². The highest BCUT2D eigenvalue weighted by Gasteiger charge is 2.43. The lowest BCUT2D eigenvalue weighted by atomic mass is 9.65. The summed E-state index contributed by atoms with van der Waals surface area (Å²) in [5.74, 6) is 0.871. The molecule has 246 valence electrons. The van der Waals surface area contributed by atoms with Crippen LogP contribution in [0.4, 0.5) is 19.1 Å². The van der Waals surface area contributed by atoms with E-state index in [-0.39, 0.29) is 35.3 Å². The maximum absolute atomic E-state index is 14.2. The van der Waals surface area contributed by atoms with Crippen molar-refractivity contribution < 1.29 is 18.0 Å². The first kappa shape index (κ1) is 30.8. The van der Waals surface area contributed by atoms with Gasteiger partial charge in [-0.1, -0.05) is 0 Å². The van der Waals surface area contributed by atoms with E-state index in [0.717, 1.165) is 77.3 Å². The Morgan fingerprint density at radius 1 is 0.933 bits per heavy atom. The molecule has 0 bridgehead atoms. The van der Waals surface area contributed by atoms with Crippen molar-refractivity contribution in [3.05, 3.63) is 17.6 Å². The number of nitrogens with one attached hydrogen (secondary N) is 1. The Bertz CT molecular complexity index is 1380. The Hall–Kier alpha value is -2.80. The molecule has 0 unspecified atom stereocenters. The molecular weight excluding hydrogens is 583 g/mol. The summed E-state index contributed by atoms with van der Waals surface area (Å²) in [6, 6.07) is 0.514. The van der Waals surface area contributed by atoms with Gasteiger partial charge in [0.1, 0.15) is 17.1 Å². The SMILES string of the molecule is CC(C)N1CCC2(CCN(c3ncc(C(F)(F)F)c(-c4nc5n(n4)CCN(C(=O)C4CCC6(CCNCC6)CC4)C5)n3)CC2)C1. The van der Waals surface area contributed by atoms with Crippen LogP contribution in [-0.4, -0.2) is 92.3 Å². The van der Waals surface area contributed by atoms with Crippen LogP contribution in [0.25, 0.3) is 11.5 Å². The highest BCUT2D eigenvalue weighted by Crippen LogP contribution is 2.46. The van der Waals surface area contributed by atoms with Crippen LogP contribution in [0.1, 0.15) is 83.0 Å². The minimum Gasteiger partial charge on any atom is -0.341 e. The van der Waals surface area contributed by atoms with Crippen molar-refractivity contribution in [2.24, 2.45) is 16.7 Å². The molecule has 0 atom stereocenters. The van der Waals surface area contributed by atoms with Gasteiger partial charge in [0.25, 0.3) is 0 Å². The average Bonchev–Trinajstić information content (AvgIpc) is 3.66. The normalized spacial score (nSPS) is 24.1. The number of hydrogen-bond acceptors (Lipinski definition) is 8. The number of likely N-dealkylation sites (tertiary alicyclic amines) is 1. The molecule has 6 heterocycles. The molecule has 2 spiro atoms. The number of hydrogen-bond donors (Lipinski definition) is 1. The Morgan fingerprint density at radius 3 is 2.31 bits per heavy atom. The van der Waals surface area contributed by atoms with Crippen LogP contribution in [-0.2, 0) is 24.1 Å². The Morgan fingerprint density at radius 2 is 1.64 bits per heavy atom. The second-order valence-corrected chi connectivity index (χ2v) is 14.6. The van der Waals surface area contributed by atoms with Crippen molar-refractivity contribution in [2.75, 3.05) is 50.7 Å². The van der Waals surface area contributed by atoms with E-state index in [4.69, 9.17) is 0 Å². The molecule has 4 aliphatic heterocycles. The number of alkyl halides is 3. The third-order valence-corrected chi connectivity index (χ3v) is 11.6. The summed E-state index contributed by atoms with van der Waals surface area (Å²) < 4.78 is 44.2. The van der Waals surface area contributed by atoms with E-state index >= 15 is 0 Å². The average molecular weight is 630 g/mol. The van der Waals surface area contributed by atoms with E-state index in [9.17, 15) is 18.0 Å². The van der Waals surface area contributed by atoms with Crippen LogP contribution in [0, 0.1) is 16.7 Å². The molecule has 3 saturated heterocycles. The molecule has 13 heteroatoms. The number of anilines is 1. The number of carbonyl (C=O) groups excluding carboxylic acids is 1. The van der Waals surface area contributed by atoms with Crippen molar-refractivity contribution in [3.63, 3.8) is 0 Å². The van der Waals surface area contributed by atoms with Crippen LogP contribution in [0.2, 0.25) is 0 Å². The molecular formula is C32H46F3N9O. The number of carbonyl (C=O) groups is 1. The van der Waals surface area contributed by atoms with Gasteiger partial charge in [0.2, 0.25) is 17.7 Å². The highest BCUT2D eigenvalue weighted by molar-refractivity contribution is 5.79. The number of fused-ring (bicyclic) bond motifs is 1. The van der Waals surface area contributed by atoms with Crippen molar-refractivity contribution in [2.45, 2.75) is 96.9 Å². The molecule has 45 heavy (non-hydrogen) atoms. The molecule has 1 amide bonds. The number of aromatic nitrogens is 5. The van der Waals surface area contributed by atoms with Crippen LogP contribution in [0.15, 0.2) is 6.20 Å². The Kier molecular flexibility index (Phi) is 8.07. The van der Waals surface area contributed by atoms with Crippen molar-refractivity contribution >= 4 is 11.9 Å². The fraction of sp³-hybridized carbons (Fsp3) is 0.781. The number of nitrogens with zero attached hydrogens (tertiary/aromatic N) is 8. The molecule has 7 rings (SSSR count). The van der Waals surface area contributed by atoms with Crippen molar-refractivity contribution in [3.8, 4) is 11.5 Å². The minimum atomic E-state index is -4.65.